The minimum atomic E-state index is 0.336. The van der Waals surface area contributed by atoms with Crippen molar-refractivity contribution in [1.82, 2.24) is 10.3 Å². The van der Waals surface area contributed by atoms with Crippen molar-refractivity contribution < 1.29 is 9.47 Å². The van der Waals surface area contributed by atoms with E-state index in [4.69, 9.17) is 9.47 Å². The van der Waals surface area contributed by atoms with E-state index in [1.165, 1.54) is 10.4 Å². The first kappa shape index (κ1) is 14.8. The van der Waals surface area contributed by atoms with Gasteiger partial charge in [-0.3, -0.25) is 4.98 Å². The molecule has 0 fully saturated rings. The summed E-state index contributed by atoms with van der Waals surface area (Å²) in [6.07, 6.45) is 2.86. The van der Waals surface area contributed by atoms with E-state index in [1.54, 1.807) is 25.6 Å². The second-order valence-corrected chi connectivity index (χ2v) is 5.44. The summed E-state index contributed by atoms with van der Waals surface area (Å²) in [6, 6.07) is 6.38. The maximum atomic E-state index is 5.31. The molecule has 0 amide bonds. The van der Waals surface area contributed by atoms with Crippen LogP contribution in [0.5, 0.6) is 11.5 Å². The highest BCUT2D eigenvalue weighted by Gasteiger charge is 2.07. The number of nitrogens with one attached hydrogen (secondary N) is 1. The van der Waals surface area contributed by atoms with Gasteiger partial charge in [0.15, 0.2) is 11.5 Å². The fourth-order valence-corrected chi connectivity index (χ4v) is 2.66. The summed E-state index contributed by atoms with van der Waals surface area (Å²) in [7, 11) is 3.31. The van der Waals surface area contributed by atoms with Crippen LogP contribution in [0.2, 0.25) is 0 Å². The van der Waals surface area contributed by atoms with Gasteiger partial charge in [-0.25, -0.2) is 0 Å². The lowest BCUT2D eigenvalue weighted by atomic mass is 10.1. The normalized spacial score (nSPS) is 12.2. The third-order valence-corrected chi connectivity index (χ3v) is 4.15. The number of hydrogen-bond acceptors (Lipinski definition) is 5. The number of methoxy groups -OCH3 is 2. The van der Waals surface area contributed by atoms with Crippen molar-refractivity contribution in [3.8, 4) is 11.5 Å². The molecular weight excluding hydrogens is 272 g/mol. The van der Waals surface area contributed by atoms with Crippen molar-refractivity contribution in [2.75, 3.05) is 20.8 Å². The van der Waals surface area contributed by atoms with Gasteiger partial charge in [0.25, 0.3) is 0 Å². The molecule has 1 N–H and O–H groups in total. The summed E-state index contributed by atoms with van der Waals surface area (Å²) in [5.41, 5.74) is 3.09. The Bertz CT molecular complexity index is 529. The summed E-state index contributed by atoms with van der Waals surface area (Å²) in [5.74, 6) is 1.54. The van der Waals surface area contributed by atoms with Crippen molar-refractivity contribution in [2.45, 2.75) is 19.4 Å². The zero-order valence-corrected chi connectivity index (χ0v) is 12.9. The lowest BCUT2D eigenvalue weighted by molar-refractivity contribution is 0.354. The number of hydrogen-bond donors (Lipinski definition) is 1. The highest BCUT2D eigenvalue weighted by molar-refractivity contribution is 7.09. The predicted molar refractivity (Wildman–Crippen MR) is 81.8 cm³/mol. The summed E-state index contributed by atoms with van der Waals surface area (Å²) in [6.45, 7) is 3.07. The zero-order valence-electron chi connectivity index (χ0n) is 12.1. The maximum absolute atomic E-state index is 5.31. The van der Waals surface area contributed by atoms with Crippen LogP contribution in [-0.4, -0.2) is 25.7 Å². The van der Waals surface area contributed by atoms with Crippen molar-refractivity contribution in [1.29, 1.82) is 0 Å². The number of rotatable bonds is 7. The summed E-state index contributed by atoms with van der Waals surface area (Å²) >= 11 is 1.68. The molecule has 0 spiro atoms. The number of benzene rings is 1. The Morgan fingerprint density at radius 2 is 2.05 bits per heavy atom. The van der Waals surface area contributed by atoms with Crippen LogP contribution < -0.4 is 14.8 Å². The molecule has 4 nitrogen and oxygen atoms in total. The van der Waals surface area contributed by atoms with Gasteiger partial charge < -0.3 is 14.8 Å². The second kappa shape index (κ2) is 7.26. The quantitative estimate of drug-likeness (QED) is 0.852. The van der Waals surface area contributed by atoms with Crippen LogP contribution in [0.3, 0.4) is 0 Å². The molecule has 1 heterocycles. The zero-order chi connectivity index (χ0) is 14.4. The molecular formula is C15H20N2O2S. The minimum Gasteiger partial charge on any atom is -0.493 e. The van der Waals surface area contributed by atoms with E-state index in [2.05, 4.69) is 23.3 Å². The van der Waals surface area contributed by atoms with Crippen molar-refractivity contribution in [2.24, 2.45) is 0 Å². The van der Waals surface area contributed by atoms with Crippen LogP contribution >= 0.6 is 11.3 Å². The maximum Gasteiger partial charge on any atom is 0.160 e. The van der Waals surface area contributed by atoms with Gasteiger partial charge in [-0.05, 0) is 37.6 Å². The third-order valence-electron chi connectivity index (χ3n) is 3.19. The molecule has 2 aromatic rings. The summed E-state index contributed by atoms with van der Waals surface area (Å²) < 4.78 is 10.5. The number of ether oxygens (including phenoxy) is 2. The first-order valence-electron chi connectivity index (χ1n) is 6.57. The molecule has 1 unspecified atom stereocenters. The van der Waals surface area contributed by atoms with E-state index in [0.29, 0.717) is 6.04 Å². The fourth-order valence-electron chi connectivity index (χ4n) is 2.01. The molecule has 0 aliphatic heterocycles. The first-order valence-corrected chi connectivity index (χ1v) is 7.45. The Morgan fingerprint density at radius 3 is 2.70 bits per heavy atom. The van der Waals surface area contributed by atoms with E-state index >= 15 is 0 Å². The Hall–Kier alpha value is -1.59. The molecule has 0 aliphatic carbocycles. The van der Waals surface area contributed by atoms with Gasteiger partial charge in [0.2, 0.25) is 0 Å². The van der Waals surface area contributed by atoms with E-state index in [-0.39, 0.29) is 0 Å². The number of aromatic nitrogens is 1. The molecule has 2 rings (SSSR count). The SMILES string of the molecule is COc1ccc(CCNC(C)c2cncs2)cc1OC. The second-order valence-electron chi connectivity index (χ2n) is 4.52. The lowest BCUT2D eigenvalue weighted by Gasteiger charge is -2.13. The minimum absolute atomic E-state index is 0.336. The third kappa shape index (κ3) is 3.71. The van der Waals surface area contributed by atoms with Crippen LogP contribution in [0, 0.1) is 0 Å². The van der Waals surface area contributed by atoms with E-state index in [9.17, 15) is 0 Å². The monoisotopic (exact) mass is 292 g/mol. The molecule has 1 atom stereocenters. The van der Waals surface area contributed by atoms with Gasteiger partial charge in [-0.15, -0.1) is 11.3 Å². The highest BCUT2D eigenvalue weighted by atomic mass is 32.1. The van der Waals surface area contributed by atoms with Crippen LogP contribution in [-0.2, 0) is 6.42 Å². The van der Waals surface area contributed by atoms with Crippen molar-refractivity contribution >= 4 is 11.3 Å². The molecule has 5 heteroatoms. The summed E-state index contributed by atoms with van der Waals surface area (Å²) in [4.78, 5) is 5.36. The van der Waals surface area contributed by atoms with Gasteiger partial charge in [-0.2, -0.15) is 0 Å². The van der Waals surface area contributed by atoms with Gasteiger partial charge >= 0.3 is 0 Å². The van der Waals surface area contributed by atoms with E-state index in [0.717, 1.165) is 24.5 Å². The van der Waals surface area contributed by atoms with Crippen LogP contribution in [0.4, 0.5) is 0 Å². The fraction of sp³-hybridized carbons (Fsp3) is 0.400. The van der Waals surface area contributed by atoms with Gasteiger partial charge in [0, 0.05) is 17.1 Å². The summed E-state index contributed by atoms with van der Waals surface area (Å²) in [5, 5.41) is 3.50. The largest absolute Gasteiger partial charge is 0.493 e. The molecule has 0 saturated heterocycles. The molecule has 0 bridgehead atoms. The van der Waals surface area contributed by atoms with Gasteiger partial charge in [-0.1, -0.05) is 6.07 Å². The molecule has 0 saturated carbocycles. The number of thiazole rings is 1. The predicted octanol–water partition coefficient (Wildman–Crippen LogP) is 3.05. The van der Waals surface area contributed by atoms with E-state index < -0.39 is 0 Å². The Morgan fingerprint density at radius 1 is 1.25 bits per heavy atom. The highest BCUT2D eigenvalue weighted by Crippen LogP contribution is 2.27. The molecule has 20 heavy (non-hydrogen) atoms. The van der Waals surface area contributed by atoms with Crippen LogP contribution in [0.15, 0.2) is 29.9 Å². The Balaban J connectivity index is 1.88. The van der Waals surface area contributed by atoms with Crippen molar-refractivity contribution in [3.63, 3.8) is 0 Å². The topological polar surface area (TPSA) is 43.4 Å². The van der Waals surface area contributed by atoms with Crippen LogP contribution in [0.25, 0.3) is 0 Å². The molecule has 1 aromatic carbocycles. The van der Waals surface area contributed by atoms with E-state index in [1.807, 2.05) is 23.8 Å². The average molecular weight is 292 g/mol. The number of nitrogens with zero attached hydrogens (tertiary/aromatic N) is 1. The molecule has 1 aromatic heterocycles. The smallest absolute Gasteiger partial charge is 0.160 e. The first-order chi connectivity index (χ1) is 9.74. The van der Waals surface area contributed by atoms with Gasteiger partial charge in [0.05, 0.1) is 19.7 Å². The Labute approximate surface area is 123 Å². The van der Waals surface area contributed by atoms with Crippen LogP contribution in [0.1, 0.15) is 23.4 Å². The Kier molecular flexibility index (Phi) is 5.38. The van der Waals surface area contributed by atoms with Gasteiger partial charge in [0.1, 0.15) is 0 Å². The lowest BCUT2D eigenvalue weighted by Crippen LogP contribution is -2.20. The average Bonchev–Trinajstić information content (AvgIpc) is 3.01. The van der Waals surface area contributed by atoms with Crippen molar-refractivity contribution in [3.05, 3.63) is 40.3 Å². The molecule has 0 aliphatic rings. The standard InChI is InChI=1S/C15H20N2O2S/c1-11(15-9-16-10-20-15)17-7-6-12-4-5-13(18-2)14(8-12)19-3/h4-5,8-11,17H,6-7H2,1-3H3. The molecule has 0 radical (unpaired) electrons. The molecule has 108 valence electrons.